The standard InChI is InChI=1S/C12H18N2O3/c1-14(11(8-13)12(15)17-3)9-4-6-10(16-2)7-5-9/h4-7,11H,8,13H2,1-3H3. The first-order chi connectivity index (χ1) is 8.13. The van der Waals surface area contributed by atoms with E-state index in [9.17, 15) is 4.79 Å². The zero-order valence-corrected chi connectivity index (χ0v) is 10.3. The van der Waals surface area contributed by atoms with Crippen molar-refractivity contribution in [2.75, 3.05) is 32.7 Å². The van der Waals surface area contributed by atoms with Crippen molar-refractivity contribution >= 4 is 11.7 Å². The van der Waals surface area contributed by atoms with E-state index in [-0.39, 0.29) is 12.5 Å². The van der Waals surface area contributed by atoms with Gasteiger partial charge in [0.15, 0.2) is 0 Å². The van der Waals surface area contributed by atoms with Crippen LogP contribution in [0.3, 0.4) is 0 Å². The predicted octanol–water partition coefficient (Wildman–Crippen LogP) is 0.632. The molecule has 2 N–H and O–H groups in total. The summed E-state index contributed by atoms with van der Waals surface area (Å²) < 4.78 is 9.77. The van der Waals surface area contributed by atoms with Crippen molar-refractivity contribution in [1.29, 1.82) is 0 Å². The van der Waals surface area contributed by atoms with Crippen molar-refractivity contribution in [3.8, 4) is 5.75 Å². The van der Waals surface area contributed by atoms with Crippen LogP contribution in [0.15, 0.2) is 24.3 Å². The van der Waals surface area contributed by atoms with Crippen molar-refractivity contribution in [2.24, 2.45) is 5.73 Å². The number of hydrogen-bond acceptors (Lipinski definition) is 5. The molecule has 0 spiro atoms. The van der Waals surface area contributed by atoms with Crippen LogP contribution in [0, 0.1) is 0 Å². The third-order valence-electron chi connectivity index (χ3n) is 2.64. The number of carbonyl (C=O) groups is 1. The number of nitrogens with two attached hydrogens (primary N) is 1. The molecule has 17 heavy (non-hydrogen) atoms. The van der Waals surface area contributed by atoms with E-state index in [0.29, 0.717) is 0 Å². The maximum atomic E-state index is 11.5. The lowest BCUT2D eigenvalue weighted by Gasteiger charge is -2.26. The normalized spacial score (nSPS) is 11.8. The van der Waals surface area contributed by atoms with Gasteiger partial charge in [-0.2, -0.15) is 0 Å². The summed E-state index contributed by atoms with van der Waals surface area (Å²) in [7, 11) is 4.76. The maximum absolute atomic E-state index is 11.5. The lowest BCUT2D eigenvalue weighted by atomic mass is 10.2. The van der Waals surface area contributed by atoms with Gasteiger partial charge in [-0.3, -0.25) is 0 Å². The third kappa shape index (κ3) is 3.10. The highest BCUT2D eigenvalue weighted by molar-refractivity contribution is 5.80. The Morgan fingerprint density at radius 1 is 1.35 bits per heavy atom. The van der Waals surface area contributed by atoms with Crippen LogP contribution in [0.1, 0.15) is 0 Å². The lowest BCUT2D eigenvalue weighted by molar-refractivity contribution is -0.141. The monoisotopic (exact) mass is 238 g/mol. The van der Waals surface area contributed by atoms with E-state index in [1.165, 1.54) is 7.11 Å². The van der Waals surface area contributed by atoms with E-state index in [2.05, 4.69) is 0 Å². The first-order valence-corrected chi connectivity index (χ1v) is 5.28. The Hall–Kier alpha value is -1.75. The predicted molar refractivity (Wildman–Crippen MR) is 66.3 cm³/mol. The fourth-order valence-corrected chi connectivity index (χ4v) is 1.55. The second-order valence-corrected chi connectivity index (χ2v) is 3.58. The van der Waals surface area contributed by atoms with Crippen molar-refractivity contribution < 1.29 is 14.3 Å². The van der Waals surface area contributed by atoms with Crippen LogP contribution in [0.5, 0.6) is 5.75 Å². The summed E-state index contributed by atoms with van der Waals surface area (Å²) >= 11 is 0. The van der Waals surface area contributed by atoms with Gasteiger partial charge in [0.1, 0.15) is 11.8 Å². The minimum Gasteiger partial charge on any atom is -0.497 e. The highest BCUT2D eigenvalue weighted by Gasteiger charge is 2.22. The number of nitrogens with zero attached hydrogens (tertiary/aromatic N) is 1. The van der Waals surface area contributed by atoms with E-state index in [1.54, 1.807) is 19.1 Å². The molecule has 0 fully saturated rings. The van der Waals surface area contributed by atoms with Gasteiger partial charge in [-0.25, -0.2) is 4.79 Å². The Kier molecular flexibility index (Phi) is 4.78. The summed E-state index contributed by atoms with van der Waals surface area (Å²) in [6.07, 6.45) is 0. The third-order valence-corrected chi connectivity index (χ3v) is 2.64. The Balaban J connectivity index is 2.85. The summed E-state index contributed by atoms with van der Waals surface area (Å²) in [5.41, 5.74) is 6.46. The largest absolute Gasteiger partial charge is 0.497 e. The number of anilines is 1. The molecule has 5 heteroatoms. The van der Waals surface area contributed by atoms with Crippen LogP contribution in [0.25, 0.3) is 0 Å². The summed E-state index contributed by atoms with van der Waals surface area (Å²) in [5.74, 6) is 0.426. The molecule has 0 saturated carbocycles. The number of ether oxygens (including phenoxy) is 2. The molecular formula is C12H18N2O3. The molecule has 0 aliphatic rings. The average molecular weight is 238 g/mol. The molecule has 5 nitrogen and oxygen atoms in total. The van der Waals surface area contributed by atoms with E-state index in [4.69, 9.17) is 15.2 Å². The molecule has 1 aromatic carbocycles. The van der Waals surface area contributed by atoms with Crippen LogP contribution >= 0.6 is 0 Å². The second-order valence-electron chi connectivity index (χ2n) is 3.58. The van der Waals surface area contributed by atoms with Gasteiger partial charge in [-0.15, -0.1) is 0 Å². The highest BCUT2D eigenvalue weighted by Crippen LogP contribution is 2.19. The molecule has 1 atom stereocenters. The van der Waals surface area contributed by atoms with Gasteiger partial charge in [-0.05, 0) is 24.3 Å². The topological polar surface area (TPSA) is 64.8 Å². The Labute approximate surface area is 101 Å². The molecule has 94 valence electrons. The Morgan fingerprint density at radius 2 is 1.94 bits per heavy atom. The van der Waals surface area contributed by atoms with Gasteiger partial charge < -0.3 is 20.1 Å². The number of likely N-dealkylation sites (N-methyl/N-ethyl adjacent to an activating group) is 1. The van der Waals surface area contributed by atoms with Crippen LogP contribution < -0.4 is 15.4 Å². The van der Waals surface area contributed by atoms with Crippen molar-refractivity contribution in [1.82, 2.24) is 0 Å². The zero-order valence-electron chi connectivity index (χ0n) is 10.3. The zero-order chi connectivity index (χ0) is 12.8. The molecule has 0 bridgehead atoms. The fourth-order valence-electron chi connectivity index (χ4n) is 1.55. The molecule has 1 unspecified atom stereocenters. The average Bonchev–Trinajstić information content (AvgIpc) is 2.39. The molecule has 0 saturated heterocycles. The van der Waals surface area contributed by atoms with Gasteiger partial charge >= 0.3 is 5.97 Å². The van der Waals surface area contributed by atoms with E-state index in [1.807, 2.05) is 24.3 Å². The molecule has 0 aliphatic carbocycles. The van der Waals surface area contributed by atoms with Gasteiger partial charge in [-0.1, -0.05) is 0 Å². The maximum Gasteiger partial charge on any atom is 0.329 e. The number of carbonyl (C=O) groups excluding carboxylic acids is 1. The summed E-state index contributed by atoms with van der Waals surface area (Å²) in [4.78, 5) is 13.3. The highest BCUT2D eigenvalue weighted by atomic mass is 16.5. The van der Waals surface area contributed by atoms with Crippen LogP contribution in [-0.4, -0.2) is 39.8 Å². The quantitative estimate of drug-likeness (QED) is 0.762. The van der Waals surface area contributed by atoms with E-state index >= 15 is 0 Å². The minimum atomic E-state index is -0.478. The number of methoxy groups -OCH3 is 2. The fraction of sp³-hybridized carbons (Fsp3) is 0.417. The van der Waals surface area contributed by atoms with Crippen LogP contribution in [-0.2, 0) is 9.53 Å². The van der Waals surface area contributed by atoms with Crippen molar-refractivity contribution in [3.63, 3.8) is 0 Å². The van der Waals surface area contributed by atoms with Gasteiger partial charge in [0, 0.05) is 19.3 Å². The Bertz CT molecular complexity index is 365. The van der Waals surface area contributed by atoms with Gasteiger partial charge in [0.25, 0.3) is 0 Å². The van der Waals surface area contributed by atoms with Gasteiger partial charge in [0.2, 0.25) is 0 Å². The van der Waals surface area contributed by atoms with Crippen LogP contribution in [0.2, 0.25) is 0 Å². The van der Waals surface area contributed by atoms with Crippen LogP contribution in [0.4, 0.5) is 5.69 Å². The number of rotatable bonds is 5. The minimum absolute atomic E-state index is 0.204. The molecule has 0 aromatic heterocycles. The molecule has 0 aliphatic heterocycles. The number of esters is 1. The Morgan fingerprint density at radius 3 is 2.35 bits per heavy atom. The number of benzene rings is 1. The van der Waals surface area contributed by atoms with Gasteiger partial charge in [0.05, 0.1) is 14.2 Å². The molecule has 0 heterocycles. The van der Waals surface area contributed by atoms with Crippen molar-refractivity contribution in [3.05, 3.63) is 24.3 Å². The summed E-state index contributed by atoms with van der Waals surface area (Å²) in [6.45, 7) is 0.204. The first-order valence-electron chi connectivity index (χ1n) is 5.28. The molecule has 1 aromatic rings. The molecule has 0 amide bonds. The number of hydrogen-bond donors (Lipinski definition) is 1. The van der Waals surface area contributed by atoms with E-state index in [0.717, 1.165) is 11.4 Å². The SMILES string of the molecule is COC(=O)C(CN)N(C)c1ccc(OC)cc1. The molecule has 0 radical (unpaired) electrons. The lowest BCUT2D eigenvalue weighted by Crippen LogP contribution is -2.44. The first kappa shape index (κ1) is 13.3. The molecule has 1 rings (SSSR count). The molecular weight excluding hydrogens is 220 g/mol. The smallest absolute Gasteiger partial charge is 0.329 e. The summed E-state index contributed by atoms with van der Waals surface area (Å²) in [6, 6.07) is 6.91. The second kappa shape index (κ2) is 6.10. The summed E-state index contributed by atoms with van der Waals surface area (Å²) in [5, 5.41) is 0. The van der Waals surface area contributed by atoms with E-state index < -0.39 is 6.04 Å². The van der Waals surface area contributed by atoms with Crippen molar-refractivity contribution in [2.45, 2.75) is 6.04 Å².